The van der Waals surface area contributed by atoms with E-state index in [4.69, 9.17) is 4.74 Å². The van der Waals surface area contributed by atoms with Crippen LogP contribution >= 0.6 is 0 Å². The predicted octanol–water partition coefficient (Wildman–Crippen LogP) is 7.27. The van der Waals surface area contributed by atoms with Gasteiger partial charge in [-0.25, -0.2) is 0 Å². The van der Waals surface area contributed by atoms with Gasteiger partial charge in [0.1, 0.15) is 5.75 Å². The minimum Gasteiger partial charge on any atom is -0.457 e. The van der Waals surface area contributed by atoms with E-state index in [0.29, 0.717) is 23.1 Å². The lowest BCUT2D eigenvalue weighted by atomic mass is 9.43. The summed E-state index contributed by atoms with van der Waals surface area (Å²) in [6.45, 7) is 2.62. The molecule has 0 spiro atoms. The molecule has 7 heteroatoms. The molecular weight excluding hydrogens is 512 g/mol. The first kappa shape index (κ1) is 26.7. The summed E-state index contributed by atoms with van der Waals surface area (Å²) in [5.41, 5.74) is 4.79. The number of esters is 1. The van der Waals surface area contributed by atoms with Gasteiger partial charge >= 0.3 is 12.6 Å². The van der Waals surface area contributed by atoms with Crippen molar-refractivity contribution in [2.24, 2.45) is 17.3 Å². The fraction of sp³-hybridized carbons (Fsp3) is 0.455. The van der Waals surface area contributed by atoms with Crippen LogP contribution in [0, 0.1) is 38.0 Å². The maximum absolute atomic E-state index is 13.7. The number of carbonyl (C=O) groups is 2. The van der Waals surface area contributed by atoms with Crippen LogP contribution in [0.2, 0.25) is 0 Å². The van der Waals surface area contributed by atoms with Crippen molar-refractivity contribution in [3.8, 4) is 11.4 Å². The predicted molar refractivity (Wildman–Crippen MR) is 147 cm³/mol. The maximum Gasteiger partial charge on any atom is 0.387 e. The van der Waals surface area contributed by atoms with E-state index < -0.39 is 12.0 Å². The normalized spacial score (nSPS) is 26.8. The number of benzene rings is 2. The largest absolute Gasteiger partial charge is 0.457 e. The number of aryl methyl sites for hydroxylation is 2. The molecular formula is C33H35F2NO4. The average molecular weight is 548 g/mol. The lowest BCUT2D eigenvalue weighted by molar-refractivity contribution is -0.172. The molecule has 5 nitrogen and oxygen atoms in total. The molecule has 1 aromatic heterocycles. The number of hydrogen-bond donors (Lipinski definition) is 0. The van der Waals surface area contributed by atoms with E-state index in [2.05, 4.69) is 35.9 Å². The molecule has 3 aromatic rings. The number of nitrogens with zero attached hydrogens (tertiary/aromatic N) is 1. The second-order valence-electron chi connectivity index (χ2n) is 12.4. The molecule has 4 saturated carbocycles. The maximum atomic E-state index is 13.7. The molecule has 4 fully saturated rings. The van der Waals surface area contributed by atoms with E-state index in [1.54, 1.807) is 18.2 Å². The Hall–Kier alpha value is -3.48. The minimum absolute atomic E-state index is 0.0155. The summed E-state index contributed by atoms with van der Waals surface area (Å²) in [5.74, 6) is 0.626. The van der Waals surface area contributed by atoms with Crippen LogP contribution in [-0.4, -0.2) is 29.5 Å². The lowest BCUT2D eigenvalue weighted by Crippen LogP contribution is -2.57. The summed E-state index contributed by atoms with van der Waals surface area (Å²) in [4.78, 5) is 27.0. The number of ether oxygens (including phenoxy) is 2. The van der Waals surface area contributed by atoms with Crippen LogP contribution in [0.4, 0.5) is 8.78 Å². The quantitative estimate of drug-likeness (QED) is 0.220. The highest BCUT2D eigenvalue weighted by atomic mass is 19.3. The van der Waals surface area contributed by atoms with Crippen LogP contribution < -0.4 is 4.74 Å². The number of aromatic nitrogens is 1. The smallest absolute Gasteiger partial charge is 0.387 e. The summed E-state index contributed by atoms with van der Waals surface area (Å²) in [7, 11) is 0. The van der Waals surface area contributed by atoms with Gasteiger partial charge in [0.2, 0.25) is 5.78 Å². The Bertz CT molecular complexity index is 1430. The first-order chi connectivity index (χ1) is 19.1. The van der Waals surface area contributed by atoms with Crippen LogP contribution in [0.1, 0.15) is 71.4 Å². The van der Waals surface area contributed by atoms with E-state index in [-0.39, 0.29) is 29.5 Å². The molecule has 1 heterocycles. The van der Waals surface area contributed by atoms with Gasteiger partial charge in [0.05, 0.1) is 5.41 Å². The Morgan fingerprint density at radius 1 is 0.950 bits per heavy atom. The van der Waals surface area contributed by atoms with Gasteiger partial charge in [0.15, 0.2) is 6.61 Å². The van der Waals surface area contributed by atoms with Crippen LogP contribution in [0.5, 0.6) is 5.75 Å². The number of ketones is 1. The molecule has 0 N–H and O–H groups in total. The van der Waals surface area contributed by atoms with E-state index >= 15 is 0 Å². The number of Topliss-reactive ketones (excluding diaryl/α,β-unsaturated/α-hetero) is 1. The highest BCUT2D eigenvalue weighted by Gasteiger charge is 2.61. The monoisotopic (exact) mass is 547 g/mol. The Kier molecular flexibility index (Phi) is 6.59. The van der Waals surface area contributed by atoms with Crippen molar-refractivity contribution in [3.63, 3.8) is 0 Å². The van der Waals surface area contributed by atoms with Crippen molar-refractivity contribution < 1.29 is 27.8 Å². The number of halogens is 2. The molecule has 0 aliphatic heterocycles. The van der Waals surface area contributed by atoms with Crippen LogP contribution in [-0.2, 0) is 14.9 Å². The van der Waals surface area contributed by atoms with E-state index in [9.17, 15) is 18.4 Å². The topological polar surface area (TPSA) is 57.5 Å². The second-order valence-corrected chi connectivity index (χ2v) is 12.4. The third kappa shape index (κ3) is 4.63. The van der Waals surface area contributed by atoms with Crippen molar-refractivity contribution in [2.45, 2.75) is 71.3 Å². The molecule has 2 atom stereocenters. The zero-order valence-corrected chi connectivity index (χ0v) is 23.2. The molecule has 40 heavy (non-hydrogen) atoms. The van der Waals surface area contributed by atoms with Gasteiger partial charge in [-0.3, -0.25) is 9.59 Å². The molecule has 4 aliphatic carbocycles. The van der Waals surface area contributed by atoms with Gasteiger partial charge in [-0.2, -0.15) is 8.78 Å². The summed E-state index contributed by atoms with van der Waals surface area (Å²) >= 11 is 0. The molecule has 0 unspecified atom stereocenters. The van der Waals surface area contributed by atoms with Crippen LogP contribution in [0.15, 0.2) is 54.6 Å². The van der Waals surface area contributed by atoms with Crippen molar-refractivity contribution in [3.05, 3.63) is 82.7 Å². The van der Waals surface area contributed by atoms with Gasteiger partial charge in [0, 0.05) is 22.6 Å². The molecule has 0 radical (unpaired) electrons. The summed E-state index contributed by atoms with van der Waals surface area (Å²) < 4.78 is 37.2. The van der Waals surface area contributed by atoms with Crippen molar-refractivity contribution in [2.75, 3.05) is 6.61 Å². The second kappa shape index (κ2) is 9.86. The number of carbonyl (C=O) groups excluding carboxylic acids is 2. The van der Waals surface area contributed by atoms with Gasteiger partial charge in [-0.1, -0.05) is 29.8 Å². The first-order valence-electron chi connectivity index (χ1n) is 14.1. The van der Waals surface area contributed by atoms with E-state index in [1.807, 2.05) is 18.4 Å². The summed E-state index contributed by atoms with van der Waals surface area (Å²) in [5, 5.41) is 0. The number of hydrogen-bond acceptors (Lipinski definition) is 4. The fourth-order valence-corrected chi connectivity index (χ4v) is 8.33. The zero-order valence-electron chi connectivity index (χ0n) is 23.2. The van der Waals surface area contributed by atoms with Gasteiger partial charge < -0.3 is 14.0 Å². The summed E-state index contributed by atoms with van der Waals surface area (Å²) in [6, 6.07) is 16.9. The lowest BCUT2D eigenvalue weighted by Gasteiger charge is -2.61. The first-order valence-corrected chi connectivity index (χ1v) is 14.1. The highest BCUT2D eigenvalue weighted by Crippen LogP contribution is 2.66. The molecule has 0 amide bonds. The van der Waals surface area contributed by atoms with Crippen molar-refractivity contribution in [1.29, 1.82) is 0 Å². The van der Waals surface area contributed by atoms with Crippen LogP contribution in [0.25, 0.3) is 5.69 Å². The van der Waals surface area contributed by atoms with Crippen molar-refractivity contribution in [1.82, 2.24) is 4.57 Å². The molecule has 7 rings (SSSR count). The Balaban J connectivity index is 1.17. The fourth-order valence-electron chi connectivity index (χ4n) is 8.33. The Morgan fingerprint density at radius 3 is 2.23 bits per heavy atom. The SMILES string of the molecule is Cc1ccc(C23C[C@@H]4C[C@H](CC(C(=O)OCC(=O)c5cc(C)n(-c6ccc(OC(F)F)cc6)c5C)(C4)C2)C3)cc1. The molecule has 2 aromatic carbocycles. The minimum atomic E-state index is -2.89. The van der Waals surface area contributed by atoms with Crippen molar-refractivity contribution >= 4 is 11.8 Å². The van der Waals surface area contributed by atoms with Crippen LogP contribution in [0.3, 0.4) is 0 Å². The molecule has 0 saturated heterocycles. The van der Waals surface area contributed by atoms with Gasteiger partial charge in [0.25, 0.3) is 0 Å². The standard InChI is InChI=1S/C33H35F2NO4/c1-20-4-6-25(7-5-20)32-14-23-13-24(15-32)17-33(16-23,19-32)30(38)39-18-29(37)28-12-21(2)36(22(28)3)26-8-10-27(11-9-26)40-31(34)35/h4-12,23-24,31H,13-19H2,1-3H3/t23-,24-,32?,33?/m0/s1. The third-order valence-corrected chi connectivity index (χ3v) is 9.54. The highest BCUT2D eigenvalue weighted by molar-refractivity contribution is 5.99. The number of alkyl halides is 2. The molecule has 4 bridgehead atoms. The molecule has 4 aliphatic rings. The van der Waals surface area contributed by atoms with E-state index in [0.717, 1.165) is 43.5 Å². The third-order valence-electron chi connectivity index (χ3n) is 9.54. The number of rotatable bonds is 8. The van der Waals surface area contributed by atoms with Gasteiger partial charge in [-0.15, -0.1) is 0 Å². The average Bonchev–Trinajstić information content (AvgIpc) is 3.20. The summed E-state index contributed by atoms with van der Waals surface area (Å²) in [6.07, 6.45) is 5.93. The zero-order chi connectivity index (χ0) is 28.2. The van der Waals surface area contributed by atoms with Gasteiger partial charge in [-0.05, 0) is 112 Å². The van der Waals surface area contributed by atoms with E-state index in [1.165, 1.54) is 29.7 Å². The Morgan fingerprint density at radius 2 is 1.60 bits per heavy atom. The molecule has 210 valence electrons. The Labute approximate surface area is 233 Å².